The zero-order valence-electron chi connectivity index (χ0n) is 16.2. The van der Waals surface area contributed by atoms with Crippen LogP contribution in [0.5, 0.6) is 0 Å². The number of amidine groups is 1. The fraction of sp³-hybridized carbons (Fsp3) is 0.120. The van der Waals surface area contributed by atoms with Gasteiger partial charge in [0.05, 0.1) is 11.2 Å². The van der Waals surface area contributed by atoms with Gasteiger partial charge in [-0.25, -0.2) is 9.98 Å². The highest BCUT2D eigenvalue weighted by molar-refractivity contribution is 8.13. The van der Waals surface area contributed by atoms with Crippen LogP contribution in [0.25, 0.3) is 10.9 Å². The van der Waals surface area contributed by atoms with Crippen molar-refractivity contribution in [2.45, 2.75) is 25.0 Å². The molecular formula is C25H21N3S. The summed E-state index contributed by atoms with van der Waals surface area (Å²) in [6.45, 7) is 3.75. The van der Waals surface area contributed by atoms with Crippen molar-refractivity contribution in [3.05, 3.63) is 102 Å². The number of thioether (sulfide) groups is 1. The average Bonchev–Trinajstić information content (AvgIpc) is 2.74. The molecule has 0 spiro atoms. The molecule has 3 aromatic carbocycles. The molecule has 0 atom stereocenters. The molecule has 1 aromatic heterocycles. The molecule has 4 aromatic rings. The van der Waals surface area contributed by atoms with E-state index in [2.05, 4.69) is 66.4 Å². The van der Waals surface area contributed by atoms with Crippen LogP contribution in [0.3, 0.4) is 0 Å². The van der Waals surface area contributed by atoms with E-state index < -0.39 is 0 Å². The molecule has 2 heterocycles. The fourth-order valence-corrected chi connectivity index (χ4v) is 4.56. The number of nitrogens with zero attached hydrogens (tertiary/aromatic N) is 3. The van der Waals surface area contributed by atoms with Crippen LogP contribution in [-0.4, -0.2) is 15.1 Å². The van der Waals surface area contributed by atoms with Gasteiger partial charge < -0.3 is 4.90 Å². The number of fused-ring (bicyclic) bond motifs is 2. The molecule has 0 N–H and O–H groups in total. The summed E-state index contributed by atoms with van der Waals surface area (Å²) in [6, 6.07) is 29.4. The minimum Gasteiger partial charge on any atom is -0.342 e. The number of aryl methyl sites for hydroxylation is 1. The van der Waals surface area contributed by atoms with Gasteiger partial charge in [-0.3, -0.25) is 0 Å². The Bertz CT molecular complexity index is 1190. The fourth-order valence-electron chi connectivity index (χ4n) is 3.58. The van der Waals surface area contributed by atoms with Gasteiger partial charge in [-0.15, -0.1) is 0 Å². The highest BCUT2D eigenvalue weighted by atomic mass is 32.2. The molecule has 3 nitrogen and oxygen atoms in total. The van der Waals surface area contributed by atoms with Crippen LogP contribution in [0.1, 0.15) is 16.7 Å². The first-order valence-corrected chi connectivity index (χ1v) is 10.6. The topological polar surface area (TPSA) is 28.5 Å². The lowest BCUT2D eigenvalue weighted by atomic mass is 10.1. The third-order valence-corrected chi connectivity index (χ3v) is 6.11. The number of para-hydroxylation sites is 1. The molecule has 0 saturated carbocycles. The maximum Gasteiger partial charge on any atom is 0.171 e. The maximum atomic E-state index is 4.95. The molecule has 0 bridgehead atoms. The van der Waals surface area contributed by atoms with Gasteiger partial charge in [-0.2, -0.15) is 0 Å². The van der Waals surface area contributed by atoms with E-state index in [4.69, 9.17) is 9.98 Å². The van der Waals surface area contributed by atoms with Crippen LogP contribution in [0.15, 0.2) is 94.9 Å². The van der Waals surface area contributed by atoms with E-state index in [0.29, 0.717) is 0 Å². The summed E-state index contributed by atoms with van der Waals surface area (Å²) < 4.78 is 0. The number of hydrogen-bond donors (Lipinski definition) is 0. The lowest BCUT2D eigenvalue weighted by Gasteiger charge is -2.31. The van der Waals surface area contributed by atoms with Crippen LogP contribution >= 0.6 is 11.8 Å². The Morgan fingerprint density at radius 3 is 2.48 bits per heavy atom. The van der Waals surface area contributed by atoms with Gasteiger partial charge in [0.1, 0.15) is 5.03 Å². The van der Waals surface area contributed by atoms with E-state index in [1.165, 1.54) is 22.1 Å². The molecule has 142 valence electrons. The third-order valence-electron chi connectivity index (χ3n) is 5.03. The van der Waals surface area contributed by atoms with E-state index in [1.54, 1.807) is 11.8 Å². The van der Waals surface area contributed by atoms with Crippen molar-refractivity contribution in [3.63, 3.8) is 0 Å². The molecular weight excluding hydrogens is 374 g/mol. The number of pyridine rings is 1. The van der Waals surface area contributed by atoms with Gasteiger partial charge >= 0.3 is 0 Å². The van der Waals surface area contributed by atoms with E-state index in [0.717, 1.165) is 34.5 Å². The molecule has 29 heavy (non-hydrogen) atoms. The number of aliphatic imine (C=N–C) groups is 1. The Labute approximate surface area is 175 Å². The minimum atomic E-state index is 0.805. The van der Waals surface area contributed by atoms with E-state index in [9.17, 15) is 0 Å². The molecule has 0 radical (unpaired) electrons. The Kier molecular flexibility index (Phi) is 4.78. The molecule has 4 heteroatoms. The van der Waals surface area contributed by atoms with Crippen LogP contribution < -0.4 is 0 Å². The lowest BCUT2D eigenvalue weighted by Crippen LogP contribution is -2.31. The zero-order chi connectivity index (χ0) is 19.6. The summed E-state index contributed by atoms with van der Waals surface area (Å²) in [6.07, 6.45) is 0. The van der Waals surface area contributed by atoms with Crippen LogP contribution in [-0.2, 0) is 13.1 Å². The zero-order valence-corrected chi connectivity index (χ0v) is 17.1. The summed E-state index contributed by atoms with van der Waals surface area (Å²) in [5, 5.41) is 3.25. The van der Waals surface area contributed by atoms with E-state index in [-0.39, 0.29) is 0 Å². The van der Waals surface area contributed by atoms with Crippen LogP contribution in [0.2, 0.25) is 0 Å². The Morgan fingerprint density at radius 1 is 0.931 bits per heavy atom. The second kappa shape index (κ2) is 7.72. The van der Waals surface area contributed by atoms with Gasteiger partial charge in [0.25, 0.3) is 0 Å². The molecule has 1 aliphatic heterocycles. The number of aromatic nitrogens is 1. The van der Waals surface area contributed by atoms with Crippen molar-refractivity contribution >= 4 is 33.5 Å². The largest absolute Gasteiger partial charge is 0.342 e. The van der Waals surface area contributed by atoms with Gasteiger partial charge in [-0.05, 0) is 54.6 Å². The SMILES string of the molecule is Cc1ccc2nc3c(cc2c1)CN(Cc1ccccc1)C(=Nc1ccccc1)S3. The maximum absolute atomic E-state index is 4.95. The standard InChI is InChI=1S/C25H21N3S/c1-18-12-13-23-20(14-18)15-21-17-28(16-19-8-4-2-5-9-19)25(29-24(21)27-23)26-22-10-6-3-7-11-22/h2-15H,16-17H2,1H3. The third kappa shape index (κ3) is 3.89. The van der Waals surface area contributed by atoms with Crippen molar-refractivity contribution in [1.82, 2.24) is 9.88 Å². The van der Waals surface area contributed by atoms with Crippen molar-refractivity contribution in [1.29, 1.82) is 0 Å². The summed E-state index contributed by atoms with van der Waals surface area (Å²) in [5.74, 6) is 0. The predicted molar refractivity (Wildman–Crippen MR) is 122 cm³/mol. The monoisotopic (exact) mass is 395 g/mol. The molecule has 0 fully saturated rings. The number of rotatable bonds is 3. The van der Waals surface area contributed by atoms with Crippen molar-refractivity contribution in [2.24, 2.45) is 4.99 Å². The first-order valence-electron chi connectivity index (χ1n) is 9.75. The number of hydrogen-bond acceptors (Lipinski definition) is 3. The first-order chi connectivity index (χ1) is 14.2. The lowest BCUT2D eigenvalue weighted by molar-refractivity contribution is 0.406. The van der Waals surface area contributed by atoms with E-state index in [1.807, 2.05) is 30.3 Å². The van der Waals surface area contributed by atoms with Gasteiger partial charge in [0.2, 0.25) is 0 Å². The molecule has 0 saturated heterocycles. The minimum absolute atomic E-state index is 0.805. The first kappa shape index (κ1) is 18.0. The van der Waals surface area contributed by atoms with Gasteiger partial charge in [0.15, 0.2) is 5.17 Å². The smallest absolute Gasteiger partial charge is 0.171 e. The summed E-state index contributed by atoms with van der Waals surface area (Å²) in [5.41, 5.74) is 5.80. The highest BCUT2D eigenvalue weighted by Gasteiger charge is 2.24. The van der Waals surface area contributed by atoms with Crippen LogP contribution in [0.4, 0.5) is 5.69 Å². The van der Waals surface area contributed by atoms with Crippen LogP contribution in [0, 0.1) is 6.92 Å². The molecule has 0 aliphatic carbocycles. The quantitative estimate of drug-likeness (QED) is 0.405. The molecule has 0 unspecified atom stereocenters. The summed E-state index contributed by atoms with van der Waals surface area (Å²) in [4.78, 5) is 12.2. The summed E-state index contributed by atoms with van der Waals surface area (Å²) in [7, 11) is 0. The van der Waals surface area contributed by atoms with Crippen molar-refractivity contribution in [2.75, 3.05) is 0 Å². The Morgan fingerprint density at radius 2 is 1.69 bits per heavy atom. The second-order valence-electron chi connectivity index (χ2n) is 7.32. The number of benzene rings is 3. The van der Waals surface area contributed by atoms with Crippen molar-refractivity contribution < 1.29 is 0 Å². The van der Waals surface area contributed by atoms with Gasteiger partial charge in [0, 0.05) is 24.0 Å². The normalized spacial score (nSPS) is 14.9. The molecule has 1 aliphatic rings. The molecule has 0 amide bonds. The van der Waals surface area contributed by atoms with E-state index >= 15 is 0 Å². The average molecular weight is 396 g/mol. The Balaban J connectivity index is 1.57. The second-order valence-corrected chi connectivity index (χ2v) is 8.28. The molecule has 5 rings (SSSR count). The predicted octanol–water partition coefficient (Wildman–Crippen LogP) is 6.34. The summed E-state index contributed by atoms with van der Waals surface area (Å²) >= 11 is 1.66. The van der Waals surface area contributed by atoms with Gasteiger partial charge in [-0.1, -0.05) is 60.2 Å². The Hall–Kier alpha value is -3.11. The highest BCUT2D eigenvalue weighted by Crippen LogP contribution is 2.35. The van der Waals surface area contributed by atoms with Crippen molar-refractivity contribution in [3.8, 4) is 0 Å².